The summed E-state index contributed by atoms with van der Waals surface area (Å²) >= 11 is 0. The molecule has 43 heavy (non-hydrogen) atoms. The highest BCUT2D eigenvalue weighted by Crippen LogP contribution is 2.47. The minimum Gasteiger partial charge on any atom is -0.497 e. The lowest BCUT2D eigenvalue weighted by atomic mass is 9.81. The maximum atomic E-state index is 14.6. The van der Waals surface area contributed by atoms with Gasteiger partial charge in [0, 0.05) is 28.6 Å². The quantitative estimate of drug-likeness (QED) is 0.225. The van der Waals surface area contributed by atoms with E-state index in [9.17, 15) is 32.3 Å². The Morgan fingerprint density at radius 1 is 1.14 bits per heavy atom. The molecule has 226 valence electrons. The number of amides is 2. The number of ether oxygens (including phenoxy) is 3. The summed E-state index contributed by atoms with van der Waals surface area (Å²) in [7, 11) is 2.84. The number of H-pyrrole nitrogens is 1. The van der Waals surface area contributed by atoms with Crippen molar-refractivity contribution >= 4 is 22.7 Å². The molecule has 2 atom stereocenters. The normalized spacial score (nSPS) is 17.6. The molecule has 1 unspecified atom stereocenters. The number of primary amides is 1. The Hall–Kier alpha value is -4.85. The molecule has 0 saturated heterocycles. The van der Waals surface area contributed by atoms with Gasteiger partial charge >= 0.3 is 6.18 Å². The molecule has 5 rings (SSSR count). The molecule has 10 nitrogen and oxygen atoms in total. The van der Waals surface area contributed by atoms with Crippen molar-refractivity contribution in [3.8, 4) is 28.5 Å². The zero-order chi connectivity index (χ0) is 31.3. The van der Waals surface area contributed by atoms with Crippen LogP contribution in [0.4, 0.5) is 17.6 Å². The number of aromatic amines is 1. The molecule has 0 radical (unpaired) electrons. The number of methoxy groups -OCH3 is 2. The molecule has 0 aliphatic carbocycles. The van der Waals surface area contributed by atoms with Crippen molar-refractivity contribution < 1.29 is 46.5 Å². The van der Waals surface area contributed by atoms with Gasteiger partial charge in [-0.1, -0.05) is 0 Å². The maximum absolute atomic E-state index is 14.6. The van der Waals surface area contributed by atoms with Gasteiger partial charge in [-0.25, -0.2) is 9.37 Å². The number of benzene rings is 2. The lowest BCUT2D eigenvalue weighted by Gasteiger charge is -2.31. The van der Waals surface area contributed by atoms with Gasteiger partial charge in [0.05, 0.1) is 32.0 Å². The number of halogens is 4. The molecule has 4 aromatic rings. The number of rotatable bonds is 8. The SMILES string of the molecule is COc1cc(OC)c2cc(C(=O)NCC(O)(c3cc4c(c(-c5ccc(F)cc5)n3)OC[C@]4(C)C(N)=O)C(F)(F)F)[nH]c2c1. The number of aromatic nitrogens is 2. The third-order valence-corrected chi connectivity index (χ3v) is 7.51. The summed E-state index contributed by atoms with van der Waals surface area (Å²) in [5, 5.41) is 13.8. The highest BCUT2D eigenvalue weighted by molar-refractivity contribution is 6.00. The predicted molar refractivity (Wildman–Crippen MR) is 145 cm³/mol. The number of alkyl halides is 3. The van der Waals surface area contributed by atoms with E-state index in [4.69, 9.17) is 19.9 Å². The predicted octanol–water partition coefficient (Wildman–Crippen LogP) is 3.70. The van der Waals surface area contributed by atoms with Crippen molar-refractivity contribution in [1.29, 1.82) is 0 Å². The fraction of sp³-hybridized carbons (Fsp3) is 0.276. The van der Waals surface area contributed by atoms with Crippen molar-refractivity contribution in [3.05, 3.63) is 71.3 Å². The first-order chi connectivity index (χ1) is 20.2. The third kappa shape index (κ3) is 4.96. The average molecular weight is 603 g/mol. The molecule has 0 saturated carbocycles. The Kier molecular flexibility index (Phi) is 7.20. The largest absolute Gasteiger partial charge is 0.497 e. The van der Waals surface area contributed by atoms with Crippen molar-refractivity contribution in [2.75, 3.05) is 27.4 Å². The van der Waals surface area contributed by atoms with E-state index in [-0.39, 0.29) is 34.9 Å². The molecular formula is C29H26F4N4O6. The number of carbonyl (C=O) groups is 2. The second-order valence-electron chi connectivity index (χ2n) is 10.2. The summed E-state index contributed by atoms with van der Waals surface area (Å²) in [4.78, 5) is 32.3. The number of hydrogen-bond donors (Lipinski definition) is 4. The van der Waals surface area contributed by atoms with Gasteiger partial charge in [-0.05, 0) is 43.3 Å². The first-order valence-corrected chi connectivity index (χ1v) is 12.8. The summed E-state index contributed by atoms with van der Waals surface area (Å²) in [5.74, 6) is -1.73. The van der Waals surface area contributed by atoms with Gasteiger partial charge in [0.25, 0.3) is 5.91 Å². The number of nitrogens with two attached hydrogens (primary N) is 1. The summed E-state index contributed by atoms with van der Waals surface area (Å²) < 4.78 is 73.7. The van der Waals surface area contributed by atoms with Crippen LogP contribution in [-0.4, -0.2) is 60.4 Å². The second kappa shape index (κ2) is 10.5. The number of hydrogen-bond acceptors (Lipinski definition) is 7. The van der Waals surface area contributed by atoms with E-state index in [0.29, 0.717) is 22.4 Å². The van der Waals surface area contributed by atoms with Gasteiger partial charge in [-0.15, -0.1) is 0 Å². The molecule has 1 aliphatic rings. The molecule has 2 aromatic heterocycles. The van der Waals surface area contributed by atoms with Crippen LogP contribution in [0, 0.1) is 5.82 Å². The van der Waals surface area contributed by atoms with Crippen LogP contribution >= 0.6 is 0 Å². The average Bonchev–Trinajstić information content (AvgIpc) is 3.56. The van der Waals surface area contributed by atoms with Crippen molar-refractivity contribution in [1.82, 2.24) is 15.3 Å². The first kappa shape index (κ1) is 29.6. The number of pyridine rings is 1. The van der Waals surface area contributed by atoms with E-state index in [1.54, 1.807) is 12.1 Å². The van der Waals surface area contributed by atoms with E-state index >= 15 is 0 Å². The number of carbonyl (C=O) groups excluding carboxylic acids is 2. The third-order valence-electron chi connectivity index (χ3n) is 7.51. The molecule has 0 bridgehead atoms. The highest BCUT2D eigenvalue weighted by atomic mass is 19.4. The topological polar surface area (TPSA) is 149 Å². The lowest BCUT2D eigenvalue weighted by Crippen LogP contribution is -2.52. The Morgan fingerprint density at radius 3 is 2.44 bits per heavy atom. The molecule has 2 aromatic carbocycles. The number of fused-ring (bicyclic) bond motifs is 2. The van der Waals surface area contributed by atoms with Crippen molar-refractivity contribution in [2.24, 2.45) is 5.73 Å². The van der Waals surface area contributed by atoms with Crippen molar-refractivity contribution in [3.63, 3.8) is 0 Å². The van der Waals surface area contributed by atoms with Crippen LogP contribution in [0.5, 0.6) is 17.2 Å². The van der Waals surface area contributed by atoms with Gasteiger partial charge in [0.15, 0.2) is 0 Å². The Bertz CT molecular complexity index is 1740. The van der Waals surface area contributed by atoms with Crippen LogP contribution in [0.2, 0.25) is 0 Å². The minimum absolute atomic E-state index is 0.0346. The van der Waals surface area contributed by atoms with Crippen LogP contribution in [0.25, 0.3) is 22.2 Å². The highest BCUT2D eigenvalue weighted by Gasteiger charge is 2.57. The Morgan fingerprint density at radius 2 is 1.84 bits per heavy atom. The standard InChI is InChI=1S/C29H26F4N4O6/c1-27(26(34)39)13-43-24-18(27)11-22(37-23(24)14-4-6-15(30)7-5-14)28(40,29(31,32)33)12-35-25(38)20-10-17-19(36-20)8-16(41-2)9-21(17)42-3/h4-11,36,40H,12-13H2,1-3H3,(H2,34,39)(H,35,38)/t27-,28?/m0/s1. The zero-order valence-corrected chi connectivity index (χ0v) is 23.1. The van der Waals surface area contributed by atoms with Crippen LogP contribution in [0.3, 0.4) is 0 Å². The molecule has 14 heteroatoms. The van der Waals surface area contributed by atoms with Crippen molar-refractivity contribution in [2.45, 2.75) is 24.1 Å². The van der Waals surface area contributed by atoms with Gasteiger partial charge in [-0.3, -0.25) is 9.59 Å². The van der Waals surface area contributed by atoms with E-state index in [2.05, 4.69) is 15.3 Å². The molecule has 2 amide bonds. The Balaban J connectivity index is 1.57. The zero-order valence-electron chi connectivity index (χ0n) is 23.1. The van der Waals surface area contributed by atoms with Crippen LogP contribution in [-0.2, 0) is 15.8 Å². The number of aliphatic hydroxyl groups is 1. The van der Waals surface area contributed by atoms with Crippen LogP contribution in [0.15, 0.2) is 48.5 Å². The number of nitrogens with zero attached hydrogens (tertiary/aromatic N) is 1. The molecule has 3 heterocycles. The van der Waals surface area contributed by atoms with E-state index in [1.165, 1.54) is 39.3 Å². The summed E-state index contributed by atoms with van der Waals surface area (Å²) in [5.41, 5.74) is -0.415. The monoisotopic (exact) mass is 602 g/mol. The van der Waals surface area contributed by atoms with Gasteiger partial charge in [0.1, 0.15) is 46.5 Å². The van der Waals surface area contributed by atoms with Gasteiger partial charge in [0.2, 0.25) is 11.5 Å². The first-order valence-electron chi connectivity index (χ1n) is 12.8. The van der Waals surface area contributed by atoms with E-state index < -0.39 is 47.1 Å². The second-order valence-corrected chi connectivity index (χ2v) is 10.2. The fourth-order valence-electron chi connectivity index (χ4n) is 4.83. The maximum Gasteiger partial charge on any atom is 0.424 e. The van der Waals surface area contributed by atoms with Crippen LogP contribution < -0.4 is 25.3 Å². The number of nitrogens with one attached hydrogen (secondary N) is 2. The minimum atomic E-state index is -5.36. The summed E-state index contributed by atoms with van der Waals surface area (Å²) in [6, 6.07) is 10.1. The molecule has 0 fully saturated rings. The molecule has 5 N–H and O–H groups in total. The van der Waals surface area contributed by atoms with Gasteiger partial charge < -0.3 is 35.4 Å². The smallest absolute Gasteiger partial charge is 0.424 e. The lowest BCUT2D eigenvalue weighted by molar-refractivity contribution is -0.265. The molecular weight excluding hydrogens is 576 g/mol. The summed E-state index contributed by atoms with van der Waals surface area (Å²) in [6.07, 6.45) is -5.36. The van der Waals surface area contributed by atoms with Crippen LogP contribution in [0.1, 0.15) is 28.7 Å². The van der Waals surface area contributed by atoms with Gasteiger partial charge in [-0.2, -0.15) is 13.2 Å². The Labute approximate surface area is 241 Å². The summed E-state index contributed by atoms with van der Waals surface area (Å²) in [6.45, 7) is -0.270. The van der Waals surface area contributed by atoms with E-state index in [0.717, 1.165) is 18.2 Å². The van der Waals surface area contributed by atoms with E-state index in [1.807, 2.05) is 0 Å². The molecule has 0 spiro atoms. The molecule has 1 aliphatic heterocycles. The fourth-order valence-corrected chi connectivity index (χ4v) is 4.83.